The molecule has 104 valence electrons. The first-order valence-corrected chi connectivity index (χ1v) is 8.18. The maximum absolute atomic E-state index is 4.32. The molecule has 2 unspecified atom stereocenters. The predicted molar refractivity (Wildman–Crippen MR) is 82.0 cm³/mol. The van der Waals surface area contributed by atoms with Crippen LogP contribution in [-0.2, 0) is 6.42 Å². The molecule has 3 rings (SSSR count). The van der Waals surface area contributed by atoms with Gasteiger partial charge in [-0.05, 0) is 70.5 Å². The van der Waals surface area contributed by atoms with Crippen molar-refractivity contribution in [1.82, 2.24) is 10.3 Å². The van der Waals surface area contributed by atoms with Gasteiger partial charge in [-0.1, -0.05) is 13.8 Å². The Balaban J connectivity index is 1.72. The summed E-state index contributed by atoms with van der Waals surface area (Å²) in [6, 6.07) is 2.81. The number of aromatic nitrogens is 1. The zero-order chi connectivity index (χ0) is 13.5. The van der Waals surface area contributed by atoms with Crippen molar-refractivity contribution in [1.29, 1.82) is 0 Å². The van der Waals surface area contributed by atoms with Crippen molar-refractivity contribution in [3.05, 3.63) is 28.5 Å². The van der Waals surface area contributed by atoms with Crippen LogP contribution in [0.5, 0.6) is 0 Å². The van der Waals surface area contributed by atoms with Crippen LogP contribution in [0.25, 0.3) is 0 Å². The van der Waals surface area contributed by atoms with Crippen LogP contribution in [0.2, 0.25) is 0 Å². The van der Waals surface area contributed by atoms with Gasteiger partial charge in [0.2, 0.25) is 0 Å². The number of pyridine rings is 1. The van der Waals surface area contributed by atoms with E-state index in [1.165, 1.54) is 31.2 Å². The van der Waals surface area contributed by atoms with Crippen molar-refractivity contribution in [3.63, 3.8) is 0 Å². The highest BCUT2D eigenvalue weighted by Gasteiger charge is 2.53. The van der Waals surface area contributed by atoms with Gasteiger partial charge in [-0.3, -0.25) is 4.98 Å². The molecule has 19 heavy (non-hydrogen) atoms. The molecule has 0 bridgehead atoms. The van der Waals surface area contributed by atoms with Gasteiger partial charge in [0, 0.05) is 29.5 Å². The lowest BCUT2D eigenvalue weighted by atomic mass is 9.77. The minimum Gasteiger partial charge on any atom is -0.314 e. The van der Waals surface area contributed by atoms with E-state index >= 15 is 0 Å². The Morgan fingerprint density at radius 2 is 2.11 bits per heavy atom. The summed E-state index contributed by atoms with van der Waals surface area (Å²) in [6.07, 6.45) is 9.38. The molecule has 2 saturated carbocycles. The minimum atomic E-state index is 0.473. The largest absolute Gasteiger partial charge is 0.314 e. The Hall–Kier alpha value is -0.410. The molecule has 0 spiro atoms. The van der Waals surface area contributed by atoms with Gasteiger partial charge in [0.25, 0.3) is 0 Å². The van der Waals surface area contributed by atoms with Gasteiger partial charge in [0.15, 0.2) is 0 Å². The fraction of sp³-hybridized carbons (Fsp3) is 0.688. The van der Waals surface area contributed by atoms with E-state index in [9.17, 15) is 0 Å². The fourth-order valence-electron chi connectivity index (χ4n) is 3.76. The van der Waals surface area contributed by atoms with Gasteiger partial charge < -0.3 is 5.32 Å². The zero-order valence-electron chi connectivity index (χ0n) is 11.8. The lowest BCUT2D eigenvalue weighted by molar-refractivity contribution is 0.241. The molecule has 2 fully saturated rings. The highest BCUT2D eigenvalue weighted by molar-refractivity contribution is 9.10. The van der Waals surface area contributed by atoms with Gasteiger partial charge >= 0.3 is 0 Å². The normalized spacial score (nSPS) is 32.6. The van der Waals surface area contributed by atoms with Gasteiger partial charge in [0.05, 0.1) is 0 Å². The number of hydrogen-bond acceptors (Lipinski definition) is 2. The summed E-state index contributed by atoms with van der Waals surface area (Å²) in [7, 11) is 0. The Morgan fingerprint density at radius 1 is 1.37 bits per heavy atom. The van der Waals surface area contributed by atoms with E-state index in [1.54, 1.807) is 0 Å². The third-order valence-electron chi connectivity index (χ3n) is 4.69. The van der Waals surface area contributed by atoms with Crippen molar-refractivity contribution in [3.8, 4) is 0 Å². The van der Waals surface area contributed by atoms with Crippen LogP contribution < -0.4 is 5.32 Å². The Bertz CT molecular complexity index is 448. The van der Waals surface area contributed by atoms with Gasteiger partial charge in [-0.2, -0.15) is 0 Å². The van der Waals surface area contributed by atoms with Crippen LogP contribution >= 0.6 is 15.9 Å². The average molecular weight is 323 g/mol. The molecule has 0 aromatic carbocycles. The molecule has 2 aliphatic carbocycles. The lowest BCUT2D eigenvalue weighted by Crippen LogP contribution is -2.38. The molecular formula is C16H23BrN2. The molecule has 1 aromatic heterocycles. The fourth-order valence-corrected chi connectivity index (χ4v) is 4.18. The maximum Gasteiger partial charge on any atom is 0.0410 e. The quantitative estimate of drug-likeness (QED) is 0.891. The molecule has 0 aliphatic heterocycles. The molecule has 0 radical (unpaired) electrons. The number of nitrogens with one attached hydrogen (secondary N) is 1. The summed E-state index contributed by atoms with van der Waals surface area (Å²) in [4.78, 5) is 4.32. The smallest absolute Gasteiger partial charge is 0.0410 e. The molecule has 2 nitrogen and oxygen atoms in total. The Morgan fingerprint density at radius 3 is 2.74 bits per heavy atom. The maximum atomic E-state index is 4.32. The van der Waals surface area contributed by atoms with Crippen LogP contribution in [0.4, 0.5) is 0 Å². The topological polar surface area (TPSA) is 24.9 Å². The van der Waals surface area contributed by atoms with E-state index in [1.807, 2.05) is 12.4 Å². The summed E-state index contributed by atoms with van der Waals surface area (Å²) in [5, 5.41) is 3.67. The molecule has 1 heterocycles. The van der Waals surface area contributed by atoms with E-state index < -0.39 is 0 Å². The summed E-state index contributed by atoms with van der Waals surface area (Å²) in [6.45, 7) is 5.64. The second-order valence-electron chi connectivity index (χ2n) is 6.89. The van der Waals surface area contributed by atoms with Crippen molar-refractivity contribution >= 4 is 15.9 Å². The van der Waals surface area contributed by atoms with Gasteiger partial charge in [-0.25, -0.2) is 0 Å². The highest BCUT2D eigenvalue weighted by Crippen LogP contribution is 2.60. The number of rotatable bonds is 5. The van der Waals surface area contributed by atoms with E-state index in [-0.39, 0.29) is 0 Å². The highest BCUT2D eigenvalue weighted by atomic mass is 79.9. The van der Waals surface area contributed by atoms with Crippen molar-refractivity contribution in [2.45, 2.75) is 45.6 Å². The van der Waals surface area contributed by atoms with E-state index in [4.69, 9.17) is 0 Å². The second-order valence-corrected chi connectivity index (χ2v) is 7.80. The predicted octanol–water partition coefficient (Wildman–Crippen LogP) is 3.80. The van der Waals surface area contributed by atoms with Crippen LogP contribution in [0, 0.1) is 17.3 Å². The first kappa shape index (κ1) is 13.6. The summed E-state index contributed by atoms with van der Waals surface area (Å²) in [5.74, 6) is 2.04. The first-order chi connectivity index (χ1) is 9.06. The number of hydrogen-bond donors (Lipinski definition) is 1. The molecule has 0 amide bonds. The summed E-state index contributed by atoms with van der Waals surface area (Å²) < 4.78 is 1.10. The molecule has 0 saturated heterocycles. The Kier molecular flexibility index (Phi) is 3.69. The van der Waals surface area contributed by atoms with Gasteiger partial charge in [-0.15, -0.1) is 0 Å². The van der Waals surface area contributed by atoms with E-state index in [0.717, 1.165) is 22.9 Å². The standard InChI is InChI=1S/C16H23BrN2/c1-11(2)19-10-16(6-13-4-14(13)7-16)5-12-3-15(17)9-18-8-12/h3,8-9,11,13-14,19H,4-7,10H2,1-2H3. The van der Waals surface area contributed by atoms with Crippen LogP contribution in [0.3, 0.4) is 0 Å². The summed E-state index contributed by atoms with van der Waals surface area (Å²) in [5.41, 5.74) is 1.85. The number of halogens is 1. The number of nitrogens with zero attached hydrogens (tertiary/aromatic N) is 1. The van der Waals surface area contributed by atoms with E-state index in [2.05, 4.69) is 46.1 Å². The average Bonchev–Trinajstić information content (AvgIpc) is 2.95. The lowest BCUT2D eigenvalue weighted by Gasteiger charge is -2.32. The third-order valence-corrected chi connectivity index (χ3v) is 5.12. The molecule has 2 aliphatic rings. The third kappa shape index (κ3) is 3.19. The second kappa shape index (κ2) is 5.17. The first-order valence-electron chi connectivity index (χ1n) is 7.39. The zero-order valence-corrected chi connectivity index (χ0v) is 13.4. The molecule has 2 atom stereocenters. The van der Waals surface area contributed by atoms with E-state index in [0.29, 0.717) is 11.5 Å². The Labute approximate surface area is 124 Å². The molecule has 1 aromatic rings. The van der Waals surface area contributed by atoms with Crippen LogP contribution in [-0.4, -0.2) is 17.6 Å². The SMILES string of the molecule is CC(C)NCC1(Cc2cncc(Br)c2)CC2CC2C1. The molecule has 1 N–H and O–H groups in total. The van der Waals surface area contributed by atoms with Crippen LogP contribution in [0.1, 0.15) is 38.7 Å². The van der Waals surface area contributed by atoms with Gasteiger partial charge in [0.1, 0.15) is 0 Å². The van der Waals surface area contributed by atoms with Crippen molar-refractivity contribution in [2.75, 3.05) is 6.54 Å². The van der Waals surface area contributed by atoms with Crippen molar-refractivity contribution in [2.24, 2.45) is 17.3 Å². The van der Waals surface area contributed by atoms with Crippen molar-refractivity contribution < 1.29 is 0 Å². The van der Waals surface area contributed by atoms with Crippen LogP contribution in [0.15, 0.2) is 22.9 Å². The monoisotopic (exact) mass is 322 g/mol. The molecular weight excluding hydrogens is 300 g/mol. The summed E-state index contributed by atoms with van der Waals surface area (Å²) >= 11 is 3.53. The molecule has 3 heteroatoms. The minimum absolute atomic E-state index is 0.473. The number of fused-ring (bicyclic) bond motifs is 1.